The molecule has 0 bridgehead atoms. The van der Waals surface area contributed by atoms with Crippen LogP contribution in [0.25, 0.3) is 10.4 Å². The average Bonchev–Trinajstić information content (AvgIpc) is 2.78. The first kappa shape index (κ1) is 15.2. The summed E-state index contributed by atoms with van der Waals surface area (Å²) in [5, 5.41) is 0.677. The molecule has 0 saturated carbocycles. The summed E-state index contributed by atoms with van der Waals surface area (Å²) >= 11 is 12.8. The van der Waals surface area contributed by atoms with Gasteiger partial charge in [0.1, 0.15) is 11.6 Å². The van der Waals surface area contributed by atoms with Crippen LogP contribution in [0.3, 0.4) is 0 Å². The molecule has 0 fully saturated rings. The van der Waals surface area contributed by atoms with Gasteiger partial charge in [-0.2, -0.15) is 0 Å². The van der Waals surface area contributed by atoms with Gasteiger partial charge in [0.15, 0.2) is 3.95 Å². The summed E-state index contributed by atoms with van der Waals surface area (Å²) in [4.78, 5) is 0.920. The summed E-state index contributed by atoms with van der Waals surface area (Å²) in [6.07, 6.45) is 0. The van der Waals surface area contributed by atoms with Gasteiger partial charge in [0, 0.05) is 5.02 Å². The Labute approximate surface area is 141 Å². The van der Waals surface area contributed by atoms with Crippen LogP contribution in [0.5, 0.6) is 0 Å². The number of nitrogens with zero attached hydrogens (tertiary/aromatic N) is 1. The van der Waals surface area contributed by atoms with Gasteiger partial charge < -0.3 is 10.3 Å². The first-order valence-corrected chi connectivity index (χ1v) is 8.14. The highest BCUT2D eigenvalue weighted by molar-refractivity contribution is 7.73. The predicted molar refractivity (Wildman–Crippen MR) is 93.5 cm³/mol. The van der Waals surface area contributed by atoms with Crippen molar-refractivity contribution in [1.29, 1.82) is 0 Å². The standard InChI is InChI=1S/C16H12ClFN2S2/c17-12-5-3-11(4-6-12)14-15(19)20(16(21)22-14)9-10-1-7-13(18)8-2-10/h1-8H,9,19H2. The van der Waals surface area contributed by atoms with Crippen molar-refractivity contribution in [2.24, 2.45) is 0 Å². The van der Waals surface area contributed by atoms with Crippen LogP contribution in [0.4, 0.5) is 10.2 Å². The molecule has 0 atom stereocenters. The number of hydrogen-bond acceptors (Lipinski definition) is 3. The van der Waals surface area contributed by atoms with E-state index in [1.807, 2.05) is 28.8 Å². The predicted octanol–water partition coefficient (Wildman–Crippen LogP) is 5.37. The minimum Gasteiger partial charge on any atom is -0.384 e. The molecule has 0 spiro atoms. The summed E-state index contributed by atoms with van der Waals surface area (Å²) in [5.74, 6) is 0.356. The summed E-state index contributed by atoms with van der Waals surface area (Å²) in [7, 11) is 0. The van der Waals surface area contributed by atoms with E-state index < -0.39 is 0 Å². The molecule has 2 aromatic carbocycles. The second-order valence-corrected chi connectivity index (χ2v) is 6.88. The van der Waals surface area contributed by atoms with Gasteiger partial charge in [0.25, 0.3) is 0 Å². The van der Waals surface area contributed by atoms with Crippen LogP contribution in [0, 0.1) is 9.77 Å². The minimum absolute atomic E-state index is 0.257. The molecular weight excluding hydrogens is 339 g/mol. The molecule has 0 aliphatic carbocycles. The quantitative estimate of drug-likeness (QED) is 0.644. The summed E-state index contributed by atoms with van der Waals surface area (Å²) in [6, 6.07) is 13.8. The smallest absolute Gasteiger partial charge is 0.163 e. The Hall–Kier alpha value is -1.69. The fraction of sp³-hybridized carbons (Fsp3) is 0.0625. The number of hydrogen-bond donors (Lipinski definition) is 1. The van der Waals surface area contributed by atoms with Crippen molar-refractivity contribution < 1.29 is 4.39 Å². The molecule has 112 valence electrons. The first-order valence-electron chi connectivity index (χ1n) is 6.54. The SMILES string of the molecule is Nc1c(-c2ccc(Cl)cc2)sc(=S)n1Cc1ccc(F)cc1. The fourth-order valence-corrected chi connectivity index (χ4v) is 3.60. The summed E-state index contributed by atoms with van der Waals surface area (Å²) in [5.41, 5.74) is 8.18. The number of nitrogens with two attached hydrogens (primary N) is 1. The average molecular weight is 351 g/mol. The Kier molecular flexibility index (Phi) is 4.29. The Morgan fingerprint density at radius 1 is 1.09 bits per heavy atom. The number of benzene rings is 2. The molecule has 0 radical (unpaired) electrons. The third-order valence-electron chi connectivity index (χ3n) is 3.29. The maximum atomic E-state index is 13.0. The number of thiazole rings is 1. The van der Waals surface area contributed by atoms with Gasteiger partial charge in [-0.15, -0.1) is 11.3 Å². The van der Waals surface area contributed by atoms with E-state index in [9.17, 15) is 4.39 Å². The Bertz CT molecular complexity index is 851. The molecule has 2 N–H and O–H groups in total. The van der Waals surface area contributed by atoms with E-state index >= 15 is 0 Å². The zero-order chi connectivity index (χ0) is 15.7. The van der Waals surface area contributed by atoms with Gasteiger partial charge in [-0.05, 0) is 47.6 Å². The van der Waals surface area contributed by atoms with Gasteiger partial charge in [-0.1, -0.05) is 35.9 Å². The van der Waals surface area contributed by atoms with Crippen LogP contribution in [-0.4, -0.2) is 4.57 Å². The van der Waals surface area contributed by atoms with E-state index in [1.54, 1.807) is 12.1 Å². The lowest BCUT2D eigenvalue weighted by molar-refractivity contribution is 0.626. The highest BCUT2D eigenvalue weighted by atomic mass is 35.5. The van der Waals surface area contributed by atoms with Crippen LogP contribution in [0.1, 0.15) is 5.56 Å². The highest BCUT2D eigenvalue weighted by Gasteiger charge is 2.12. The van der Waals surface area contributed by atoms with Crippen molar-refractivity contribution in [3.05, 3.63) is 68.9 Å². The lowest BCUT2D eigenvalue weighted by Crippen LogP contribution is -2.04. The molecule has 0 amide bonds. The largest absolute Gasteiger partial charge is 0.384 e. The molecule has 3 rings (SSSR count). The molecule has 1 aromatic heterocycles. The zero-order valence-corrected chi connectivity index (χ0v) is 13.8. The van der Waals surface area contributed by atoms with Crippen molar-refractivity contribution in [1.82, 2.24) is 4.57 Å². The lowest BCUT2D eigenvalue weighted by Gasteiger charge is -2.07. The molecular formula is C16H12ClFN2S2. The van der Waals surface area contributed by atoms with E-state index in [4.69, 9.17) is 29.6 Å². The first-order chi connectivity index (χ1) is 10.5. The number of rotatable bonds is 3. The topological polar surface area (TPSA) is 30.9 Å². The van der Waals surface area contributed by atoms with Gasteiger partial charge in [0.05, 0.1) is 11.4 Å². The number of halogens is 2. The summed E-state index contributed by atoms with van der Waals surface area (Å²) < 4.78 is 15.5. The van der Waals surface area contributed by atoms with Crippen molar-refractivity contribution >= 4 is 41.0 Å². The fourth-order valence-electron chi connectivity index (χ4n) is 2.15. The maximum Gasteiger partial charge on any atom is 0.163 e. The molecule has 0 saturated heterocycles. The zero-order valence-electron chi connectivity index (χ0n) is 11.4. The van der Waals surface area contributed by atoms with Crippen LogP contribution in [0.15, 0.2) is 48.5 Å². The van der Waals surface area contributed by atoms with Crippen LogP contribution < -0.4 is 5.73 Å². The molecule has 22 heavy (non-hydrogen) atoms. The van der Waals surface area contributed by atoms with Gasteiger partial charge >= 0.3 is 0 Å². The lowest BCUT2D eigenvalue weighted by atomic mass is 10.2. The van der Waals surface area contributed by atoms with E-state index in [2.05, 4.69) is 0 Å². The molecule has 2 nitrogen and oxygen atoms in total. The van der Waals surface area contributed by atoms with Crippen LogP contribution in [0.2, 0.25) is 5.02 Å². The number of aromatic nitrogens is 1. The second kappa shape index (κ2) is 6.20. The Balaban J connectivity index is 1.98. The Morgan fingerprint density at radius 2 is 1.73 bits per heavy atom. The molecule has 0 unspecified atom stereocenters. The van der Waals surface area contributed by atoms with Gasteiger partial charge in [-0.25, -0.2) is 4.39 Å². The van der Waals surface area contributed by atoms with E-state index in [-0.39, 0.29) is 5.82 Å². The van der Waals surface area contributed by atoms with Crippen LogP contribution >= 0.6 is 35.2 Å². The third-order valence-corrected chi connectivity index (χ3v) is 5.06. The highest BCUT2D eigenvalue weighted by Crippen LogP contribution is 2.34. The van der Waals surface area contributed by atoms with Gasteiger partial charge in [-0.3, -0.25) is 0 Å². The second-order valence-electron chi connectivity index (χ2n) is 4.80. The van der Waals surface area contributed by atoms with E-state index in [0.717, 1.165) is 16.0 Å². The van der Waals surface area contributed by atoms with Crippen LogP contribution in [-0.2, 0) is 6.54 Å². The maximum absolute atomic E-state index is 13.0. The monoisotopic (exact) mass is 350 g/mol. The van der Waals surface area contributed by atoms with Crippen molar-refractivity contribution in [2.45, 2.75) is 6.54 Å². The normalized spacial score (nSPS) is 10.8. The molecule has 1 heterocycles. The van der Waals surface area contributed by atoms with Crippen molar-refractivity contribution in [2.75, 3.05) is 5.73 Å². The third kappa shape index (κ3) is 3.06. The van der Waals surface area contributed by atoms with E-state index in [0.29, 0.717) is 21.3 Å². The van der Waals surface area contributed by atoms with Crippen molar-refractivity contribution in [3.63, 3.8) is 0 Å². The molecule has 0 aliphatic heterocycles. The molecule has 6 heteroatoms. The minimum atomic E-state index is -0.257. The van der Waals surface area contributed by atoms with Gasteiger partial charge in [0.2, 0.25) is 0 Å². The van der Waals surface area contributed by atoms with Crippen molar-refractivity contribution in [3.8, 4) is 10.4 Å². The van der Waals surface area contributed by atoms with E-state index in [1.165, 1.54) is 23.5 Å². The Morgan fingerprint density at radius 3 is 2.36 bits per heavy atom. The number of anilines is 1. The molecule has 3 aromatic rings. The number of nitrogen functional groups attached to an aromatic ring is 1. The summed E-state index contributed by atoms with van der Waals surface area (Å²) in [6.45, 7) is 0.523. The molecule has 0 aliphatic rings.